The molecule has 0 unspecified atom stereocenters. The van der Waals surface area contributed by atoms with Gasteiger partial charge in [-0.15, -0.1) is 11.3 Å². The van der Waals surface area contributed by atoms with Crippen LogP contribution in [0.5, 0.6) is 5.75 Å². The van der Waals surface area contributed by atoms with Crippen LogP contribution in [-0.4, -0.2) is 58.5 Å². The lowest BCUT2D eigenvalue weighted by atomic mass is 9.97. The topological polar surface area (TPSA) is 73.7 Å². The quantitative estimate of drug-likeness (QED) is 0.389. The van der Waals surface area contributed by atoms with Crippen LogP contribution in [0.4, 0.5) is 0 Å². The summed E-state index contributed by atoms with van der Waals surface area (Å²) in [5.74, 6) is 0.977. The van der Waals surface area contributed by atoms with Gasteiger partial charge in [-0.1, -0.05) is 11.8 Å². The molecule has 5 rings (SSSR count). The fraction of sp³-hybridized carbons (Fsp3) is 0.480. The lowest BCUT2D eigenvalue weighted by Gasteiger charge is -2.35. The van der Waals surface area contributed by atoms with Crippen LogP contribution in [0.3, 0.4) is 0 Å². The number of ether oxygens (including phenoxy) is 2. The number of aryl methyl sites for hydroxylation is 2. The second-order valence-electron chi connectivity index (χ2n) is 8.97. The van der Waals surface area contributed by atoms with Crippen LogP contribution in [0, 0.1) is 0 Å². The Balaban J connectivity index is 1.53. The van der Waals surface area contributed by atoms with E-state index in [9.17, 15) is 9.59 Å². The molecule has 1 aromatic carbocycles. The number of fused-ring (bicyclic) bond motifs is 3. The van der Waals surface area contributed by atoms with E-state index < -0.39 is 0 Å². The van der Waals surface area contributed by atoms with Gasteiger partial charge in [0.25, 0.3) is 5.56 Å². The van der Waals surface area contributed by atoms with Crippen LogP contribution in [0.1, 0.15) is 37.1 Å². The first-order valence-electron chi connectivity index (χ1n) is 11.7. The molecule has 0 radical (unpaired) electrons. The van der Waals surface area contributed by atoms with E-state index in [4.69, 9.17) is 14.5 Å². The number of morpholine rings is 1. The Morgan fingerprint density at radius 1 is 1.18 bits per heavy atom. The fourth-order valence-electron chi connectivity index (χ4n) is 4.84. The van der Waals surface area contributed by atoms with E-state index in [0.717, 1.165) is 52.9 Å². The van der Waals surface area contributed by atoms with E-state index in [1.807, 2.05) is 43.0 Å². The van der Waals surface area contributed by atoms with Gasteiger partial charge < -0.3 is 14.4 Å². The third-order valence-corrected chi connectivity index (χ3v) is 8.49. The average molecular weight is 500 g/mol. The van der Waals surface area contributed by atoms with Crippen LogP contribution in [-0.2, 0) is 22.4 Å². The molecule has 0 saturated carbocycles. The van der Waals surface area contributed by atoms with E-state index >= 15 is 0 Å². The highest BCUT2D eigenvalue weighted by atomic mass is 32.2. The average Bonchev–Trinajstić information content (AvgIpc) is 3.21. The predicted octanol–water partition coefficient (Wildman–Crippen LogP) is 4.06. The molecule has 7 nitrogen and oxygen atoms in total. The Morgan fingerprint density at radius 2 is 1.88 bits per heavy atom. The molecular weight excluding hydrogens is 470 g/mol. The minimum absolute atomic E-state index is 0.0158. The molecule has 2 aliphatic rings. The highest BCUT2D eigenvalue weighted by Crippen LogP contribution is 2.35. The summed E-state index contributed by atoms with van der Waals surface area (Å²) in [6.07, 6.45) is 4.21. The molecule has 0 spiro atoms. The minimum atomic E-state index is -0.0573. The van der Waals surface area contributed by atoms with Gasteiger partial charge in [-0.2, -0.15) is 0 Å². The molecular formula is C25H29N3O4S2. The maximum atomic E-state index is 13.8. The van der Waals surface area contributed by atoms with E-state index in [0.29, 0.717) is 18.2 Å². The van der Waals surface area contributed by atoms with Crippen molar-refractivity contribution in [3.05, 3.63) is 45.1 Å². The van der Waals surface area contributed by atoms with E-state index in [2.05, 4.69) is 0 Å². The molecule has 1 amide bonds. The predicted molar refractivity (Wildman–Crippen MR) is 136 cm³/mol. The smallest absolute Gasteiger partial charge is 0.267 e. The lowest BCUT2D eigenvalue weighted by molar-refractivity contribution is -0.140. The number of aromatic nitrogens is 2. The zero-order valence-electron chi connectivity index (χ0n) is 19.7. The Kier molecular flexibility index (Phi) is 6.68. The van der Waals surface area contributed by atoms with Gasteiger partial charge in [-0.3, -0.25) is 14.2 Å². The summed E-state index contributed by atoms with van der Waals surface area (Å²) >= 11 is 2.96. The number of carbonyl (C=O) groups excluding carboxylic acids is 1. The first kappa shape index (κ1) is 23.4. The first-order valence-corrected chi connectivity index (χ1v) is 13.5. The van der Waals surface area contributed by atoms with E-state index in [1.165, 1.54) is 16.6 Å². The minimum Gasteiger partial charge on any atom is -0.497 e. The summed E-state index contributed by atoms with van der Waals surface area (Å²) in [6.45, 7) is 5.13. The number of thioether (sulfide) groups is 1. The number of nitrogens with zero attached hydrogens (tertiary/aromatic N) is 3. The summed E-state index contributed by atoms with van der Waals surface area (Å²) in [7, 11) is 1.62. The van der Waals surface area contributed by atoms with Gasteiger partial charge >= 0.3 is 0 Å². The second-order valence-corrected chi connectivity index (χ2v) is 11.0. The summed E-state index contributed by atoms with van der Waals surface area (Å²) in [6, 6.07) is 7.41. The highest BCUT2D eigenvalue weighted by Gasteiger charge is 2.27. The summed E-state index contributed by atoms with van der Waals surface area (Å²) < 4.78 is 12.7. The molecule has 1 saturated heterocycles. The number of hydrogen-bond donors (Lipinski definition) is 0. The largest absolute Gasteiger partial charge is 0.497 e. The normalized spacial score (nSPS) is 20.4. The van der Waals surface area contributed by atoms with E-state index in [-0.39, 0.29) is 29.4 Å². The maximum Gasteiger partial charge on any atom is 0.267 e. The molecule has 34 heavy (non-hydrogen) atoms. The Hall–Kier alpha value is -2.36. The van der Waals surface area contributed by atoms with Crippen molar-refractivity contribution in [2.24, 2.45) is 0 Å². The zero-order chi connectivity index (χ0) is 23.8. The summed E-state index contributed by atoms with van der Waals surface area (Å²) in [4.78, 5) is 35.7. The monoisotopic (exact) mass is 499 g/mol. The number of thiophene rings is 1. The van der Waals surface area contributed by atoms with Gasteiger partial charge in [0.15, 0.2) is 5.16 Å². The number of benzene rings is 1. The van der Waals surface area contributed by atoms with Gasteiger partial charge in [0.1, 0.15) is 10.6 Å². The molecule has 0 bridgehead atoms. The standard InChI is InChI=1S/C25H29N3O4S2/c1-15-12-27(13-16(2)32-15)21(29)14-33-25-26-23-22(19-6-4-5-7-20(19)34-23)24(30)28(25)17-8-10-18(31-3)11-9-17/h8-11,15-16H,4-7,12-14H2,1-3H3/t15-,16-/m1/s1. The lowest BCUT2D eigenvalue weighted by Crippen LogP contribution is -2.48. The maximum absolute atomic E-state index is 13.8. The van der Waals surface area contributed by atoms with Crippen LogP contribution in [0.15, 0.2) is 34.2 Å². The Labute approximate surface area is 207 Å². The molecule has 3 heterocycles. The molecule has 2 aromatic heterocycles. The number of amides is 1. The van der Waals surface area contributed by atoms with Crippen molar-refractivity contribution in [3.63, 3.8) is 0 Å². The van der Waals surface area contributed by atoms with Crippen LogP contribution < -0.4 is 10.3 Å². The molecule has 180 valence electrons. The zero-order valence-corrected chi connectivity index (χ0v) is 21.3. The van der Waals surface area contributed by atoms with Crippen LogP contribution in [0.25, 0.3) is 15.9 Å². The first-order chi connectivity index (χ1) is 16.4. The fourth-order valence-corrected chi connectivity index (χ4v) is 7.06. The van der Waals surface area contributed by atoms with Crippen molar-refractivity contribution in [2.45, 2.75) is 56.9 Å². The SMILES string of the molecule is COc1ccc(-n2c(SCC(=O)N3C[C@@H](C)O[C@H](C)C3)nc3sc4c(c3c2=O)CCCC4)cc1. The molecule has 9 heteroatoms. The molecule has 2 atom stereocenters. The van der Waals surface area contributed by atoms with Gasteiger partial charge in [0, 0.05) is 18.0 Å². The highest BCUT2D eigenvalue weighted by molar-refractivity contribution is 7.99. The number of methoxy groups -OCH3 is 1. The number of hydrogen-bond acceptors (Lipinski definition) is 7. The second kappa shape index (κ2) is 9.71. The summed E-state index contributed by atoms with van der Waals surface area (Å²) in [5.41, 5.74) is 1.83. The Morgan fingerprint density at radius 3 is 2.59 bits per heavy atom. The van der Waals surface area contributed by atoms with Gasteiger partial charge in [0.2, 0.25) is 5.91 Å². The van der Waals surface area contributed by atoms with Crippen molar-refractivity contribution >= 4 is 39.2 Å². The van der Waals surface area contributed by atoms with Gasteiger partial charge in [-0.25, -0.2) is 4.98 Å². The van der Waals surface area contributed by atoms with E-state index in [1.54, 1.807) is 23.0 Å². The molecule has 3 aromatic rings. The van der Waals surface area contributed by atoms with Crippen LogP contribution >= 0.6 is 23.1 Å². The van der Waals surface area contributed by atoms with Crippen LogP contribution in [0.2, 0.25) is 0 Å². The van der Waals surface area contributed by atoms with Crippen molar-refractivity contribution in [1.82, 2.24) is 14.5 Å². The third kappa shape index (κ3) is 4.48. The third-order valence-electron chi connectivity index (χ3n) is 6.39. The van der Waals surface area contributed by atoms with Crippen molar-refractivity contribution < 1.29 is 14.3 Å². The Bertz CT molecular complexity index is 1260. The van der Waals surface area contributed by atoms with Crippen molar-refractivity contribution in [2.75, 3.05) is 26.0 Å². The molecule has 0 N–H and O–H groups in total. The van der Waals surface area contributed by atoms with Gasteiger partial charge in [0.05, 0.1) is 36.1 Å². The molecule has 1 fully saturated rings. The summed E-state index contributed by atoms with van der Waals surface area (Å²) in [5, 5.41) is 1.28. The van der Waals surface area contributed by atoms with Crippen molar-refractivity contribution in [3.8, 4) is 11.4 Å². The number of rotatable bonds is 5. The molecule has 1 aliphatic heterocycles. The van der Waals surface area contributed by atoms with Crippen molar-refractivity contribution in [1.29, 1.82) is 0 Å². The molecule has 1 aliphatic carbocycles. The number of carbonyl (C=O) groups is 1. The van der Waals surface area contributed by atoms with Gasteiger partial charge in [-0.05, 0) is 69.4 Å².